The Balaban J connectivity index is 1.57. The number of rotatable bonds is 4. The van der Waals surface area contributed by atoms with Gasteiger partial charge in [0.05, 0.1) is 0 Å². The van der Waals surface area contributed by atoms with Crippen molar-refractivity contribution in [2.24, 2.45) is 5.41 Å². The number of hydrogen-bond donors (Lipinski definition) is 0. The summed E-state index contributed by atoms with van der Waals surface area (Å²) in [4.78, 5) is 29.0. The zero-order chi connectivity index (χ0) is 20.8. The van der Waals surface area contributed by atoms with Crippen LogP contribution in [0.1, 0.15) is 11.1 Å². The van der Waals surface area contributed by atoms with E-state index in [-0.39, 0.29) is 39.3 Å². The van der Waals surface area contributed by atoms with Crippen molar-refractivity contribution in [3.8, 4) is 11.5 Å². The Morgan fingerprint density at radius 2 is 1.69 bits per heavy atom. The van der Waals surface area contributed by atoms with Gasteiger partial charge in [0.1, 0.15) is 0 Å². The van der Waals surface area contributed by atoms with Crippen LogP contribution in [-0.4, -0.2) is 52.4 Å². The Bertz CT molecular complexity index is 996. The Morgan fingerprint density at radius 1 is 1.03 bits per heavy atom. The number of carbonyl (C=O) groups excluding carboxylic acids is 2. The fourth-order valence-corrected chi connectivity index (χ4v) is 5.26. The maximum atomic E-state index is 13.2. The number of carbonyl (C=O) groups is 2. The number of benzene rings is 1. The zero-order valence-corrected chi connectivity index (χ0v) is 17.1. The molecule has 0 radical (unpaired) electrons. The van der Waals surface area contributed by atoms with Gasteiger partial charge in [-0.15, -0.1) is 0 Å². The van der Waals surface area contributed by atoms with Gasteiger partial charge in [-0.3, -0.25) is 0 Å². The molecule has 152 valence electrons. The fraction of sp³-hybridized carbons (Fsp3) is 0.316. The van der Waals surface area contributed by atoms with E-state index in [0.717, 1.165) is 15.6 Å². The predicted molar refractivity (Wildman–Crippen MR) is 95.8 cm³/mol. The number of fused-ring (bicyclic) bond motifs is 2. The SMILES string of the molecule is COC(=O)C1(C(=O)OC)Cc2cnc([Se]c3ccc4c(c3)OC(F)(F)O4)cc2C1. The summed E-state index contributed by atoms with van der Waals surface area (Å²) in [5.41, 5.74) is 0.161. The van der Waals surface area contributed by atoms with Crippen molar-refractivity contribution in [2.75, 3.05) is 14.2 Å². The number of halogens is 2. The molecule has 29 heavy (non-hydrogen) atoms. The number of pyridine rings is 1. The third-order valence-corrected chi connectivity index (χ3v) is 6.72. The standard InChI is InChI=1S/C19H15F2NO6Se/c1-25-16(23)18(17(24)26-2)7-10-5-15(22-9-11(10)8-18)29-12-3-4-13-14(6-12)28-19(20,21)27-13/h3-6,9H,7-8H2,1-2H3. The maximum absolute atomic E-state index is 13.2. The number of nitrogens with zero attached hydrogens (tertiary/aromatic N) is 1. The number of alkyl halides is 2. The minimum atomic E-state index is -3.66. The summed E-state index contributed by atoms with van der Waals surface area (Å²) in [5, 5.41) is 0. The van der Waals surface area contributed by atoms with Crippen molar-refractivity contribution >= 4 is 35.9 Å². The molecule has 2 aromatic rings. The van der Waals surface area contributed by atoms with Crippen LogP contribution in [0.2, 0.25) is 0 Å². The predicted octanol–water partition coefficient (Wildman–Crippen LogP) is 0.489. The molecule has 0 bridgehead atoms. The number of ether oxygens (including phenoxy) is 4. The summed E-state index contributed by atoms with van der Waals surface area (Å²) in [7, 11) is 2.46. The molecule has 7 nitrogen and oxygen atoms in total. The van der Waals surface area contributed by atoms with Gasteiger partial charge < -0.3 is 0 Å². The van der Waals surface area contributed by atoms with Crippen molar-refractivity contribution in [2.45, 2.75) is 19.1 Å². The van der Waals surface area contributed by atoms with Crippen LogP contribution in [0.4, 0.5) is 8.78 Å². The van der Waals surface area contributed by atoms with Crippen LogP contribution in [0.5, 0.6) is 11.5 Å². The third-order valence-electron chi connectivity index (χ3n) is 4.79. The van der Waals surface area contributed by atoms with Gasteiger partial charge in [-0.2, -0.15) is 0 Å². The van der Waals surface area contributed by atoms with E-state index in [9.17, 15) is 18.4 Å². The molecule has 1 aromatic carbocycles. The molecule has 0 unspecified atom stereocenters. The van der Waals surface area contributed by atoms with E-state index in [2.05, 4.69) is 14.5 Å². The average Bonchev–Trinajstić information content (AvgIpc) is 3.22. The van der Waals surface area contributed by atoms with Gasteiger partial charge >= 0.3 is 170 Å². The first kappa shape index (κ1) is 19.6. The molecule has 0 N–H and O–H groups in total. The monoisotopic (exact) mass is 471 g/mol. The molecule has 0 fully saturated rings. The Labute approximate surface area is 170 Å². The molecule has 2 heterocycles. The molecule has 0 saturated heterocycles. The topological polar surface area (TPSA) is 84.0 Å². The van der Waals surface area contributed by atoms with Crippen molar-refractivity contribution in [3.05, 3.63) is 41.6 Å². The molecule has 0 amide bonds. The van der Waals surface area contributed by atoms with E-state index in [0.29, 0.717) is 4.59 Å². The summed E-state index contributed by atoms with van der Waals surface area (Å²) < 4.78 is 46.4. The minimum absolute atomic E-state index is 0.0163. The molecule has 10 heteroatoms. The Hall–Kier alpha value is -2.71. The van der Waals surface area contributed by atoms with Gasteiger partial charge in [0.15, 0.2) is 0 Å². The molecular weight excluding hydrogens is 455 g/mol. The molecule has 2 aliphatic rings. The zero-order valence-electron chi connectivity index (χ0n) is 15.4. The van der Waals surface area contributed by atoms with E-state index in [1.807, 2.05) is 6.07 Å². The second-order valence-electron chi connectivity index (χ2n) is 6.59. The number of aromatic nitrogens is 1. The van der Waals surface area contributed by atoms with E-state index in [1.165, 1.54) is 26.4 Å². The third kappa shape index (κ3) is 3.42. The van der Waals surface area contributed by atoms with Crippen molar-refractivity contribution in [1.82, 2.24) is 4.98 Å². The first-order valence-corrected chi connectivity index (χ1v) is 10.2. The molecule has 0 spiro atoms. The summed E-state index contributed by atoms with van der Waals surface area (Å²) in [6.45, 7) is 0. The molecule has 1 aromatic heterocycles. The van der Waals surface area contributed by atoms with Gasteiger partial charge in [0, 0.05) is 0 Å². The second kappa shape index (κ2) is 6.96. The summed E-state index contributed by atoms with van der Waals surface area (Å²) in [6.07, 6.45) is -1.73. The van der Waals surface area contributed by atoms with Crippen molar-refractivity contribution < 1.29 is 37.3 Å². The van der Waals surface area contributed by atoms with E-state index in [4.69, 9.17) is 9.47 Å². The van der Waals surface area contributed by atoms with Crippen LogP contribution in [0.15, 0.2) is 30.5 Å². The summed E-state index contributed by atoms with van der Waals surface area (Å²) in [5.74, 6) is -1.34. The van der Waals surface area contributed by atoms with Crippen LogP contribution in [0, 0.1) is 5.41 Å². The molecule has 0 saturated carbocycles. The normalized spacial score (nSPS) is 17.5. The van der Waals surface area contributed by atoms with Gasteiger partial charge in [-0.05, 0) is 0 Å². The first-order chi connectivity index (χ1) is 13.8. The van der Waals surface area contributed by atoms with Gasteiger partial charge in [0.2, 0.25) is 0 Å². The van der Waals surface area contributed by atoms with Gasteiger partial charge in [-0.1, -0.05) is 0 Å². The van der Waals surface area contributed by atoms with Crippen LogP contribution in [-0.2, 0) is 31.9 Å². The Kier molecular flexibility index (Phi) is 4.71. The average molecular weight is 470 g/mol. The molecule has 4 rings (SSSR count). The number of esters is 2. The molecule has 1 aliphatic carbocycles. The Morgan fingerprint density at radius 3 is 2.38 bits per heavy atom. The van der Waals surface area contributed by atoms with Gasteiger partial charge in [-0.25, -0.2) is 0 Å². The number of hydrogen-bond acceptors (Lipinski definition) is 7. The van der Waals surface area contributed by atoms with E-state index >= 15 is 0 Å². The van der Waals surface area contributed by atoms with Crippen molar-refractivity contribution in [3.63, 3.8) is 0 Å². The van der Waals surface area contributed by atoms with Gasteiger partial charge in [0.25, 0.3) is 0 Å². The summed E-state index contributed by atoms with van der Waals surface area (Å²) >= 11 is -0.312. The van der Waals surface area contributed by atoms with E-state index in [1.54, 1.807) is 12.3 Å². The molecular formula is C19H15F2NO6Se. The second-order valence-corrected chi connectivity index (χ2v) is 8.88. The molecule has 0 atom stereocenters. The summed E-state index contributed by atoms with van der Waals surface area (Å²) in [6, 6.07) is 6.42. The van der Waals surface area contributed by atoms with Crippen molar-refractivity contribution in [1.29, 1.82) is 0 Å². The van der Waals surface area contributed by atoms with Crippen LogP contribution >= 0.6 is 0 Å². The fourth-order valence-electron chi connectivity index (χ4n) is 3.47. The first-order valence-electron chi connectivity index (χ1n) is 8.49. The van der Waals surface area contributed by atoms with Crippen LogP contribution in [0.3, 0.4) is 0 Å². The quantitative estimate of drug-likeness (QED) is 0.366. The molecule has 1 aliphatic heterocycles. The van der Waals surface area contributed by atoms with Crippen LogP contribution < -0.4 is 18.5 Å². The van der Waals surface area contributed by atoms with Crippen LogP contribution in [0.25, 0.3) is 0 Å². The number of methoxy groups -OCH3 is 2. The van der Waals surface area contributed by atoms with E-state index < -0.39 is 23.6 Å².